The quantitative estimate of drug-likeness (QED) is 0.933. The third-order valence-electron chi connectivity index (χ3n) is 2.98. The summed E-state index contributed by atoms with van der Waals surface area (Å²) in [5.74, 6) is 0. The first-order valence-electron chi connectivity index (χ1n) is 5.49. The number of amides is 1. The number of hydrogen-bond acceptors (Lipinski definition) is 3. The summed E-state index contributed by atoms with van der Waals surface area (Å²) in [5.41, 5.74) is 6.08. The fourth-order valence-electron chi connectivity index (χ4n) is 2.09. The molecule has 2 N–H and O–H groups in total. The van der Waals surface area contributed by atoms with Gasteiger partial charge >= 0.3 is 6.09 Å². The third kappa shape index (κ3) is 2.30. The first-order chi connectivity index (χ1) is 8.07. The number of nitrogens with two attached hydrogens (primary N) is 1. The maximum Gasteiger partial charge on any atom is 0.415 e. The van der Waals surface area contributed by atoms with E-state index < -0.39 is 0 Å². The molecule has 0 radical (unpaired) electrons. The van der Waals surface area contributed by atoms with Gasteiger partial charge in [-0.15, -0.1) is 0 Å². The fraction of sp³-hybridized carbons (Fsp3) is 0.417. The van der Waals surface area contributed by atoms with Gasteiger partial charge in [-0.3, -0.25) is 4.90 Å². The number of nitrogens with zero attached hydrogens (tertiary/aromatic N) is 1. The summed E-state index contributed by atoms with van der Waals surface area (Å²) in [6, 6.07) is 7.62. The standard InChI is InChI=1S/C12H15BrN2O2/c1-12(5-6-14)8-17-11(16)15(12)10-4-2-3-9(13)7-10/h2-4,7H,5-6,8,14H2,1H3. The minimum Gasteiger partial charge on any atom is -0.447 e. The van der Waals surface area contributed by atoms with Gasteiger partial charge in [-0.25, -0.2) is 4.79 Å². The Balaban J connectivity index is 2.37. The number of ether oxygens (including phenoxy) is 1. The van der Waals surface area contributed by atoms with Gasteiger partial charge in [0.2, 0.25) is 0 Å². The molecule has 4 nitrogen and oxygen atoms in total. The molecule has 0 aromatic heterocycles. The molecule has 0 spiro atoms. The van der Waals surface area contributed by atoms with Gasteiger partial charge in [-0.05, 0) is 38.1 Å². The molecule has 1 aliphatic rings. The first kappa shape index (κ1) is 12.4. The van der Waals surface area contributed by atoms with Crippen molar-refractivity contribution in [2.24, 2.45) is 5.73 Å². The smallest absolute Gasteiger partial charge is 0.415 e. The molecule has 1 aliphatic heterocycles. The Morgan fingerprint density at radius 3 is 3.00 bits per heavy atom. The van der Waals surface area contributed by atoms with Gasteiger partial charge in [0.05, 0.1) is 5.54 Å². The van der Waals surface area contributed by atoms with E-state index in [0.717, 1.165) is 10.2 Å². The van der Waals surface area contributed by atoms with Crippen molar-refractivity contribution in [2.45, 2.75) is 18.9 Å². The number of benzene rings is 1. The van der Waals surface area contributed by atoms with Crippen molar-refractivity contribution >= 4 is 27.7 Å². The zero-order valence-corrected chi connectivity index (χ0v) is 11.2. The fourth-order valence-corrected chi connectivity index (χ4v) is 2.48. The van der Waals surface area contributed by atoms with E-state index in [0.29, 0.717) is 19.6 Å². The van der Waals surface area contributed by atoms with Crippen molar-refractivity contribution in [1.82, 2.24) is 0 Å². The highest BCUT2D eigenvalue weighted by molar-refractivity contribution is 9.10. The molecule has 17 heavy (non-hydrogen) atoms. The van der Waals surface area contributed by atoms with Crippen molar-refractivity contribution in [3.05, 3.63) is 28.7 Å². The lowest BCUT2D eigenvalue weighted by atomic mass is 9.97. The van der Waals surface area contributed by atoms with Crippen LogP contribution in [0.15, 0.2) is 28.7 Å². The lowest BCUT2D eigenvalue weighted by Gasteiger charge is -2.31. The van der Waals surface area contributed by atoms with Crippen molar-refractivity contribution in [2.75, 3.05) is 18.1 Å². The summed E-state index contributed by atoms with van der Waals surface area (Å²) in [5, 5.41) is 0. The number of carbonyl (C=O) groups is 1. The van der Waals surface area contributed by atoms with Crippen LogP contribution < -0.4 is 10.6 Å². The maximum absolute atomic E-state index is 11.8. The molecule has 0 bridgehead atoms. The molecule has 1 saturated heterocycles. The maximum atomic E-state index is 11.8. The Morgan fingerprint density at radius 2 is 2.35 bits per heavy atom. The van der Waals surface area contributed by atoms with E-state index in [1.54, 1.807) is 4.90 Å². The summed E-state index contributed by atoms with van der Waals surface area (Å²) in [7, 11) is 0. The molecular weight excluding hydrogens is 284 g/mol. The number of cyclic esters (lactones) is 1. The van der Waals surface area contributed by atoms with E-state index in [4.69, 9.17) is 10.5 Å². The second-order valence-electron chi connectivity index (χ2n) is 4.41. The highest BCUT2D eigenvalue weighted by atomic mass is 79.9. The minimum atomic E-state index is -0.355. The molecule has 1 aromatic carbocycles. The van der Waals surface area contributed by atoms with Gasteiger partial charge in [0.15, 0.2) is 0 Å². The van der Waals surface area contributed by atoms with Crippen molar-refractivity contribution in [3.63, 3.8) is 0 Å². The Morgan fingerprint density at radius 1 is 1.59 bits per heavy atom. The minimum absolute atomic E-state index is 0.306. The average Bonchev–Trinajstić information content (AvgIpc) is 2.55. The largest absolute Gasteiger partial charge is 0.447 e. The number of hydrogen-bond donors (Lipinski definition) is 1. The van der Waals surface area contributed by atoms with Crippen LogP contribution in [0.3, 0.4) is 0 Å². The molecule has 1 heterocycles. The molecule has 5 heteroatoms. The third-order valence-corrected chi connectivity index (χ3v) is 3.47. The molecule has 0 saturated carbocycles. The summed E-state index contributed by atoms with van der Waals surface area (Å²) >= 11 is 3.40. The van der Waals surface area contributed by atoms with Crippen LogP contribution in [0.1, 0.15) is 13.3 Å². The van der Waals surface area contributed by atoms with E-state index in [2.05, 4.69) is 15.9 Å². The summed E-state index contributed by atoms with van der Waals surface area (Å²) in [6.07, 6.45) is 0.407. The molecule has 92 valence electrons. The molecule has 0 aliphatic carbocycles. The number of anilines is 1. The lowest BCUT2D eigenvalue weighted by Crippen LogP contribution is -2.46. The predicted molar refractivity (Wildman–Crippen MR) is 70.0 cm³/mol. The van der Waals surface area contributed by atoms with Crippen LogP contribution >= 0.6 is 15.9 Å². The van der Waals surface area contributed by atoms with E-state index in [9.17, 15) is 4.79 Å². The number of carbonyl (C=O) groups excluding carboxylic acids is 1. The van der Waals surface area contributed by atoms with E-state index >= 15 is 0 Å². The SMILES string of the molecule is CC1(CCN)COC(=O)N1c1cccc(Br)c1. The van der Waals surface area contributed by atoms with Crippen LogP contribution in [-0.2, 0) is 4.74 Å². The van der Waals surface area contributed by atoms with Gasteiger partial charge in [0, 0.05) is 10.2 Å². The van der Waals surface area contributed by atoms with Crippen LogP contribution in [0.2, 0.25) is 0 Å². The predicted octanol–water partition coefficient (Wildman–Crippen LogP) is 2.51. The molecule has 2 rings (SSSR count). The molecule has 1 aromatic rings. The Labute approximate surface area is 109 Å². The number of halogens is 1. The van der Waals surface area contributed by atoms with Crippen LogP contribution in [-0.4, -0.2) is 24.8 Å². The first-order valence-corrected chi connectivity index (χ1v) is 6.29. The topological polar surface area (TPSA) is 55.6 Å². The highest BCUT2D eigenvalue weighted by Crippen LogP contribution is 2.33. The van der Waals surface area contributed by atoms with Crippen LogP contribution in [0, 0.1) is 0 Å². The second kappa shape index (κ2) is 4.66. The normalized spacial score (nSPS) is 23.9. The zero-order chi connectivity index (χ0) is 12.5. The van der Waals surface area contributed by atoms with Crippen molar-refractivity contribution < 1.29 is 9.53 Å². The van der Waals surface area contributed by atoms with Gasteiger partial charge < -0.3 is 10.5 Å². The van der Waals surface area contributed by atoms with Crippen LogP contribution in [0.25, 0.3) is 0 Å². The number of rotatable bonds is 3. The summed E-state index contributed by atoms with van der Waals surface area (Å²) in [4.78, 5) is 13.5. The zero-order valence-electron chi connectivity index (χ0n) is 9.65. The van der Waals surface area contributed by atoms with E-state index in [1.807, 2.05) is 31.2 Å². The van der Waals surface area contributed by atoms with Gasteiger partial charge in [0.25, 0.3) is 0 Å². The molecule has 1 amide bonds. The van der Waals surface area contributed by atoms with E-state index in [-0.39, 0.29) is 11.6 Å². The Hall–Kier alpha value is -1.07. The van der Waals surface area contributed by atoms with Crippen LogP contribution in [0.4, 0.5) is 10.5 Å². The van der Waals surface area contributed by atoms with Crippen molar-refractivity contribution in [1.29, 1.82) is 0 Å². The van der Waals surface area contributed by atoms with Gasteiger partial charge in [-0.1, -0.05) is 22.0 Å². The molecule has 1 fully saturated rings. The lowest BCUT2D eigenvalue weighted by molar-refractivity contribution is 0.173. The van der Waals surface area contributed by atoms with Crippen molar-refractivity contribution in [3.8, 4) is 0 Å². The summed E-state index contributed by atoms with van der Waals surface area (Å²) in [6.45, 7) is 2.90. The van der Waals surface area contributed by atoms with Gasteiger partial charge in [-0.2, -0.15) is 0 Å². The Bertz CT molecular complexity index is 438. The Kier molecular flexibility index (Phi) is 3.40. The molecule has 1 atom stereocenters. The van der Waals surface area contributed by atoms with Crippen LogP contribution in [0.5, 0.6) is 0 Å². The average molecular weight is 299 g/mol. The van der Waals surface area contributed by atoms with Gasteiger partial charge in [0.1, 0.15) is 6.61 Å². The summed E-state index contributed by atoms with van der Waals surface area (Å²) < 4.78 is 6.08. The monoisotopic (exact) mass is 298 g/mol. The van der Waals surface area contributed by atoms with E-state index in [1.165, 1.54) is 0 Å². The molecular formula is C12H15BrN2O2. The highest BCUT2D eigenvalue weighted by Gasteiger charge is 2.43. The molecule has 1 unspecified atom stereocenters. The second-order valence-corrected chi connectivity index (χ2v) is 5.32.